The van der Waals surface area contributed by atoms with Crippen molar-refractivity contribution in [1.29, 1.82) is 10.5 Å². The van der Waals surface area contributed by atoms with Gasteiger partial charge in [0.15, 0.2) is 0 Å². The van der Waals surface area contributed by atoms with E-state index in [1.54, 1.807) is 6.08 Å². The maximum atomic E-state index is 8.85. The second-order valence-electron chi connectivity index (χ2n) is 4.22. The van der Waals surface area contributed by atoms with E-state index in [1.165, 1.54) is 0 Å². The SMILES string of the molecule is N#CC(C#N)=Cc1cccc2c1[nH]c1ccccc12. The van der Waals surface area contributed by atoms with Gasteiger partial charge in [0.2, 0.25) is 0 Å². The molecule has 0 radical (unpaired) electrons. The van der Waals surface area contributed by atoms with Crippen molar-refractivity contribution in [3.63, 3.8) is 0 Å². The molecule has 1 aromatic heterocycles. The molecule has 0 atom stereocenters. The van der Waals surface area contributed by atoms with Crippen LogP contribution in [0.25, 0.3) is 27.9 Å². The summed E-state index contributed by atoms with van der Waals surface area (Å²) in [6.07, 6.45) is 1.61. The van der Waals surface area contributed by atoms with Crippen molar-refractivity contribution in [2.45, 2.75) is 0 Å². The van der Waals surface area contributed by atoms with E-state index >= 15 is 0 Å². The standard InChI is InChI=1S/C16H9N3/c17-9-11(10-18)8-12-4-3-6-14-13-5-1-2-7-15(13)19-16(12)14/h1-8,19H. The highest BCUT2D eigenvalue weighted by molar-refractivity contribution is 6.09. The molecule has 19 heavy (non-hydrogen) atoms. The fourth-order valence-electron chi connectivity index (χ4n) is 2.26. The molecule has 1 heterocycles. The van der Waals surface area contributed by atoms with Crippen LogP contribution in [-0.4, -0.2) is 4.98 Å². The van der Waals surface area contributed by atoms with Crippen molar-refractivity contribution >= 4 is 27.9 Å². The van der Waals surface area contributed by atoms with Gasteiger partial charge >= 0.3 is 0 Å². The molecule has 3 aromatic rings. The Morgan fingerprint density at radius 1 is 0.947 bits per heavy atom. The third-order valence-electron chi connectivity index (χ3n) is 3.11. The van der Waals surface area contributed by atoms with Crippen molar-refractivity contribution in [2.24, 2.45) is 0 Å². The molecule has 0 aliphatic carbocycles. The number of nitrogens with one attached hydrogen (secondary N) is 1. The molecule has 3 nitrogen and oxygen atoms in total. The lowest BCUT2D eigenvalue weighted by Gasteiger charge is -1.96. The highest BCUT2D eigenvalue weighted by atomic mass is 14.7. The Balaban J connectivity index is 2.37. The van der Waals surface area contributed by atoms with Crippen molar-refractivity contribution in [1.82, 2.24) is 4.98 Å². The molecule has 0 unspecified atom stereocenters. The maximum Gasteiger partial charge on any atom is 0.130 e. The van der Waals surface area contributed by atoms with Crippen molar-refractivity contribution in [2.75, 3.05) is 0 Å². The summed E-state index contributed by atoms with van der Waals surface area (Å²) in [6.45, 7) is 0. The van der Waals surface area contributed by atoms with E-state index < -0.39 is 0 Å². The minimum atomic E-state index is 0.103. The molecule has 0 saturated heterocycles. The Kier molecular flexibility index (Phi) is 2.52. The van der Waals surface area contributed by atoms with Gasteiger partial charge in [-0.25, -0.2) is 0 Å². The Morgan fingerprint density at radius 2 is 1.68 bits per heavy atom. The number of aromatic amines is 1. The smallest absolute Gasteiger partial charge is 0.130 e. The number of hydrogen-bond acceptors (Lipinski definition) is 2. The Labute approximate surface area is 110 Å². The molecule has 88 valence electrons. The van der Waals surface area contributed by atoms with Crippen LogP contribution in [-0.2, 0) is 0 Å². The number of rotatable bonds is 1. The molecule has 3 rings (SSSR count). The zero-order valence-electron chi connectivity index (χ0n) is 10.0. The van der Waals surface area contributed by atoms with Gasteiger partial charge in [-0.1, -0.05) is 36.4 Å². The maximum absolute atomic E-state index is 8.85. The molecule has 0 aliphatic rings. The normalized spacial score (nSPS) is 10.0. The second kappa shape index (κ2) is 4.33. The van der Waals surface area contributed by atoms with Crippen LogP contribution in [0.3, 0.4) is 0 Å². The third kappa shape index (κ3) is 1.74. The molecule has 1 N–H and O–H groups in total. The fourth-order valence-corrected chi connectivity index (χ4v) is 2.26. The Bertz CT molecular complexity index is 870. The number of hydrogen-bond donors (Lipinski definition) is 1. The molecule has 0 amide bonds. The van der Waals surface area contributed by atoms with Crippen molar-refractivity contribution in [3.05, 3.63) is 53.6 Å². The number of nitrogens with zero attached hydrogens (tertiary/aromatic N) is 2. The predicted molar refractivity (Wildman–Crippen MR) is 75.0 cm³/mol. The number of benzene rings is 2. The van der Waals surface area contributed by atoms with Crippen molar-refractivity contribution in [3.8, 4) is 12.1 Å². The van der Waals surface area contributed by atoms with Gasteiger partial charge < -0.3 is 4.98 Å². The first kappa shape index (κ1) is 11.1. The summed E-state index contributed by atoms with van der Waals surface area (Å²) in [5.41, 5.74) is 2.96. The third-order valence-corrected chi connectivity index (χ3v) is 3.11. The van der Waals surface area contributed by atoms with Crippen LogP contribution in [0.5, 0.6) is 0 Å². The Hall–Kier alpha value is -3.04. The summed E-state index contributed by atoms with van der Waals surface area (Å²) in [5.74, 6) is 0. The summed E-state index contributed by atoms with van der Waals surface area (Å²) < 4.78 is 0. The Morgan fingerprint density at radius 3 is 2.47 bits per heavy atom. The van der Waals surface area contributed by atoms with E-state index in [4.69, 9.17) is 10.5 Å². The van der Waals surface area contributed by atoms with Crippen LogP contribution in [0.1, 0.15) is 5.56 Å². The zero-order valence-corrected chi connectivity index (χ0v) is 10.0. The van der Waals surface area contributed by atoms with Gasteiger partial charge in [-0.2, -0.15) is 10.5 Å². The summed E-state index contributed by atoms with van der Waals surface area (Å²) in [6, 6.07) is 17.7. The number of nitriles is 2. The lowest BCUT2D eigenvalue weighted by Crippen LogP contribution is -1.79. The average Bonchev–Trinajstić information content (AvgIpc) is 2.84. The molecule has 2 aromatic carbocycles. The molecule has 0 spiro atoms. The van der Waals surface area contributed by atoms with Gasteiger partial charge in [0.1, 0.15) is 17.7 Å². The van der Waals surface area contributed by atoms with Gasteiger partial charge in [0.05, 0.1) is 5.52 Å². The van der Waals surface area contributed by atoms with Crippen LogP contribution >= 0.6 is 0 Å². The summed E-state index contributed by atoms with van der Waals surface area (Å²) >= 11 is 0. The molecular weight excluding hydrogens is 234 g/mol. The topological polar surface area (TPSA) is 63.4 Å². The first-order valence-electron chi connectivity index (χ1n) is 5.85. The van der Waals surface area contributed by atoms with Crippen molar-refractivity contribution < 1.29 is 0 Å². The lowest BCUT2D eigenvalue weighted by molar-refractivity contribution is 1.47. The van der Waals surface area contributed by atoms with E-state index in [-0.39, 0.29) is 5.57 Å². The van der Waals surface area contributed by atoms with Gasteiger partial charge in [0, 0.05) is 21.9 Å². The molecular formula is C16H9N3. The molecule has 0 fully saturated rings. The van der Waals surface area contributed by atoms with Crippen LogP contribution in [0.4, 0.5) is 0 Å². The number of aromatic nitrogens is 1. The summed E-state index contributed by atoms with van der Waals surface area (Å²) in [4.78, 5) is 3.34. The first-order chi connectivity index (χ1) is 9.33. The van der Waals surface area contributed by atoms with E-state index in [2.05, 4.69) is 11.1 Å². The molecule has 0 saturated carbocycles. The molecule has 3 heteroatoms. The minimum absolute atomic E-state index is 0.103. The first-order valence-corrected chi connectivity index (χ1v) is 5.85. The minimum Gasteiger partial charge on any atom is -0.354 e. The van der Waals surface area contributed by atoms with E-state index in [9.17, 15) is 0 Å². The van der Waals surface area contributed by atoms with Gasteiger partial charge in [0.25, 0.3) is 0 Å². The zero-order chi connectivity index (χ0) is 13.2. The highest BCUT2D eigenvalue weighted by Gasteiger charge is 2.06. The lowest BCUT2D eigenvalue weighted by atomic mass is 10.1. The molecule has 0 bridgehead atoms. The van der Waals surface area contributed by atoms with E-state index in [0.717, 1.165) is 27.4 Å². The monoisotopic (exact) mass is 243 g/mol. The largest absolute Gasteiger partial charge is 0.354 e. The molecule has 0 aliphatic heterocycles. The van der Waals surface area contributed by atoms with E-state index in [1.807, 2.05) is 48.5 Å². The van der Waals surface area contributed by atoms with E-state index in [0.29, 0.717) is 0 Å². The fraction of sp³-hybridized carbons (Fsp3) is 0. The number of H-pyrrole nitrogens is 1. The van der Waals surface area contributed by atoms with Crippen LogP contribution in [0.2, 0.25) is 0 Å². The van der Waals surface area contributed by atoms with Crippen LogP contribution < -0.4 is 0 Å². The summed E-state index contributed by atoms with van der Waals surface area (Å²) in [7, 11) is 0. The van der Waals surface area contributed by atoms with Gasteiger partial charge in [-0.3, -0.25) is 0 Å². The number of allylic oxidation sites excluding steroid dienone is 1. The number of fused-ring (bicyclic) bond motifs is 3. The highest BCUT2D eigenvalue weighted by Crippen LogP contribution is 2.28. The van der Waals surface area contributed by atoms with Gasteiger partial charge in [-0.05, 0) is 12.1 Å². The van der Waals surface area contributed by atoms with Crippen LogP contribution in [0, 0.1) is 22.7 Å². The predicted octanol–water partition coefficient (Wildman–Crippen LogP) is 3.75. The van der Waals surface area contributed by atoms with Gasteiger partial charge in [-0.15, -0.1) is 0 Å². The second-order valence-corrected chi connectivity index (χ2v) is 4.22. The average molecular weight is 243 g/mol. The van der Waals surface area contributed by atoms with Crippen LogP contribution in [0.15, 0.2) is 48.0 Å². The number of para-hydroxylation sites is 2. The summed E-state index contributed by atoms with van der Waals surface area (Å²) in [5, 5.41) is 19.9. The quantitative estimate of drug-likeness (QED) is 0.661.